The first-order valence-electron chi connectivity index (χ1n) is 8.40. The van der Waals surface area contributed by atoms with Crippen molar-refractivity contribution in [3.8, 4) is 5.75 Å². The lowest BCUT2D eigenvalue weighted by Gasteiger charge is -2.10. The van der Waals surface area contributed by atoms with Gasteiger partial charge >= 0.3 is 0 Å². The molecule has 1 aromatic heterocycles. The van der Waals surface area contributed by atoms with Crippen molar-refractivity contribution in [2.24, 2.45) is 0 Å². The smallest absolute Gasteiger partial charge is 0.257 e. The predicted octanol–water partition coefficient (Wildman–Crippen LogP) is 3.32. The standard InChI is InChI=1S/C20H20ClN3O2/c21-17-8-4-5-9-18(17)26-15-20(25)23-11-10-19-22-12-13-24(19)14-16-6-2-1-3-7-16/h1-9,12-13H,10-11,14-15H2,(H,23,25). The van der Waals surface area contributed by atoms with Gasteiger partial charge in [0.15, 0.2) is 6.61 Å². The van der Waals surface area contributed by atoms with Crippen LogP contribution in [0.25, 0.3) is 0 Å². The Morgan fingerprint density at radius 1 is 1.12 bits per heavy atom. The maximum atomic E-state index is 11.9. The number of halogens is 1. The molecule has 0 aliphatic rings. The third-order valence-corrected chi connectivity index (χ3v) is 4.18. The van der Waals surface area contributed by atoms with Crippen LogP contribution >= 0.6 is 11.6 Å². The van der Waals surface area contributed by atoms with Gasteiger partial charge in [-0.15, -0.1) is 0 Å². The number of carbonyl (C=O) groups is 1. The van der Waals surface area contributed by atoms with E-state index in [9.17, 15) is 4.79 Å². The van der Waals surface area contributed by atoms with Gasteiger partial charge in [-0.2, -0.15) is 0 Å². The van der Waals surface area contributed by atoms with E-state index in [0.717, 1.165) is 12.4 Å². The Balaban J connectivity index is 1.44. The molecule has 3 aromatic rings. The number of para-hydroxylation sites is 1. The number of rotatable bonds is 8. The van der Waals surface area contributed by atoms with Crippen LogP contribution in [0.1, 0.15) is 11.4 Å². The molecule has 0 bridgehead atoms. The molecule has 0 unspecified atom stereocenters. The molecule has 6 heteroatoms. The van der Waals surface area contributed by atoms with Gasteiger partial charge < -0.3 is 14.6 Å². The summed E-state index contributed by atoms with van der Waals surface area (Å²) in [7, 11) is 0. The Hall–Kier alpha value is -2.79. The van der Waals surface area contributed by atoms with Crippen LogP contribution in [0.3, 0.4) is 0 Å². The number of aromatic nitrogens is 2. The van der Waals surface area contributed by atoms with E-state index in [1.165, 1.54) is 5.56 Å². The van der Waals surface area contributed by atoms with Gasteiger partial charge in [0.05, 0.1) is 5.02 Å². The van der Waals surface area contributed by atoms with Crippen molar-refractivity contribution in [2.45, 2.75) is 13.0 Å². The number of amides is 1. The first kappa shape index (κ1) is 18.0. The number of hydrogen-bond acceptors (Lipinski definition) is 3. The largest absolute Gasteiger partial charge is 0.482 e. The summed E-state index contributed by atoms with van der Waals surface area (Å²) in [6.07, 6.45) is 4.38. The molecule has 0 saturated heterocycles. The molecule has 1 amide bonds. The Kier molecular flexibility index (Phi) is 6.28. The zero-order valence-electron chi connectivity index (χ0n) is 14.3. The number of hydrogen-bond donors (Lipinski definition) is 1. The van der Waals surface area contributed by atoms with Gasteiger partial charge in [0.1, 0.15) is 11.6 Å². The minimum Gasteiger partial charge on any atom is -0.482 e. The molecule has 134 valence electrons. The Bertz CT molecular complexity index is 849. The molecule has 3 rings (SSSR count). The molecule has 0 aliphatic heterocycles. The Morgan fingerprint density at radius 3 is 2.69 bits per heavy atom. The van der Waals surface area contributed by atoms with Crippen molar-refractivity contribution in [1.29, 1.82) is 0 Å². The number of nitrogens with one attached hydrogen (secondary N) is 1. The van der Waals surface area contributed by atoms with Crippen LogP contribution in [0.4, 0.5) is 0 Å². The van der Waals surface area contributed by atoms with Crippen LogP contribution in [0.15, 0.2) is 67.0 Å². The minimum atomic E-state index is -0.189. The molecule has 2 aromatic carbocycles. The molecule has 0 fully saturated rings. The molecule has 0 radical (unpaired) electrons. The third kappa shape index (κ3) is 5.10. The van der Waals surface area contributed by atoms with Crippen LogP contribution in [0.5, 0.6) is 5.75 Å². The summed E-state index contributed by atoms with van der Waals surface area (Å²) in [5.74, 6) is 1.25. The van der Waals surface area contributed by atoms with Gasteiger partial charge in [-0.25, -0.2) is 4.98 Å². The summed E-state index contributed by atoms with van der Waals surface area (Å²) in [4.78, 5) is 16.3. The van der Waals surface area contributed by atoms with Gasteiger partial charge in [0.2, 0.25) is 0 Å². The van der Waals surface area contributed by atoms with Crippen LogP contribution < -0.4 is 10.1 Å². The highest BCUT2D eigenvalue weighted by Gasteiger charge is 2.07. The van der Waals surface area contributed by atoms with E-state index in [1.54, 1.807) is 18.3 Å². The van der Waals surface area contributed by atoms with Crippen molar-refractivity contribution < 1.29 is 9.53 Å². The Morgan fingerprint density at radius 2 is 1.88 bits per heavy atom. The van der Waals surface area contributed by atoms with E-state index in [4.69, 9.17) is 16.3 Å². The minimum absolute atomic E-state index is 0.0673. The van der Waals surface area contributed by atoms with E-state index in [2.05, 4.69) is 27.0 Å². The molecule has 1 heterocycles. The molecular weight excluding hydrogens is 350 g/mol. The molecular formula is C20H20ClN3O2. The van der Waals surface area contributed by atoms with Crippen molar-refractivity contribution in [3.63, 3.8) is 0 Å². The SMILES string of the molecule is O=C(COc1ccccc1Cl)NCCc1nccn1Cc1ccccc1. The van der Waals surface area contributed by atoms with E-state index in [-0.39, 0.29) is 12.5 Å². The highest BCUT2D eigenvalue weighted by molar-refractivity contribution is 6.32. The van der Waals surface area contributed by atoms with Crippen molar-refractivity contribution >= 4 is 17.5 Å². The fourth-order valence-corrected chi connectivity index (χ4v) is 2.75. The number of benzene rings is 2. The predicted molar refractivity (Wildman–Crippen MR) is 101 cm³/mol. The van der Waals surface area contributed by atoms with E-state index >= 15 is 0 Å². The summed E-state index contributed by atoms with van der Waals surface area (Å²) < 4.78 is 7.51. The van der Waals surface area contributed by atoms with E-state index in [0.29, 0.717) is 23.7 Å². The second kappa shape index (κ2) is 9.06. The normalized spacial score (nSPS) is 10.5. The highest BCUT2D eigenvalue weighted by Crippen LogP contribution is 2.22. The fourth-order valence-electron chi connectivity index (χ4n) is 2.56. The topological polar surface area (TPSA) is 56.1 Å². The quantitative estimate of drug-likeness (QED) is 0.662. The highest BCUT2D eigenvalue weighted by atomic mass is 35.5. The van der Waals surface area contributed by atoms with Crippen molar-refractivity contribution in [1.82, 2.24) is 14.9 Å². The molecule has 0 spiro atoms. The van der Waals surface area contributed by atoms with Gasteiger partial charge in [0, 0.05) is 31.9 Å². The summed E-state index contributed by atoms with van der Waals surface area (Å²) in [6, 6.07) is 17.3. The zero-order chi connectivity index (χ0) is 18.2. The lowest BCUT2D eigenvalue weighted by Crippen LogP contribution is -2.31. The summed E-state index contributed by atoms with van der Waals surface area (Å²) in [5.41, 5.74) is 1.21. The number of nitrogens with zero attached hydrogens (tertiary/aromatic N) is 2. The average Bonchev–Trinajstić information content (AvgIpc) is 3.09. The van der Waals surface area contributed by atoms with Crippen molar-refractivity contribution in [2.75, 3.05) is 13.2 Å². The van der Waals surface area contributed by atoms with Crippen LogP contribution in [0, 0.1) is 0 Å². The van der Waals surface area contributed by atoms with Gasteiger partial charge in [-0.05, 0) is 17.7 Å². The lowest BCUT2D eigenvalue weighted by atomic mass is 10.2. The first-order chi connectivity index (χ1) is 12.7. The molecule has 0 saturated carbocycles. The van der Waals surface area contributed by atoms with E-state index in [1.807, 2.05) is 36.5 Å². The molecule has 0 atom stereocenters. The molecule has 0 aliphatic carbocycles. The second-order valence-electron chi connectivity index (χ2n) is 5.78. The second-order valence-corrected chi connectivity index (χ2v) is 6.18. The average molecular weight is 370 g/mol. The van der Waals surface area contributed by atoms with E-state index < -0.39 is 0 Å². The zero-order valence-corrected chi connectivity index (χ0v) is 15.0. The van der Waals surface area contributed by atoms with Gasteiger partial charge in [-0.3, -0.25) is 4.79 Å². The molecule has 1 N–H and O–H groups in total. The number of ether oxygens (including phenoxy) is 1. The first-order valence-corrected chi connectivity index (χ1v) is 8.78. The summed E-state index contributed by atoms with van der Waals surface area (Å²) in [5, 5.41) is 3.33. The number of carbonyl (C=O) groups excluding carboxylic acids is 1. The van der Waals surface area contributed by atoms with Gasteiger partial charge in [-0.1, -0.05) is 54.1 Å². The summed E-state index contributed by atoms with van der Waals surface area (Å²) in [6.45, 7) is 1.19. The van der Waals surface area contributed by atoms with Gasteiger partial charge in [0.25, 0.3) is 5.91 Å². The Labute approximate surface area is 157 Å². The lowest BCUT2D eigenvalue weighted by molar-refractivity contribution is -0.123. The van der Waals surface area contributed by atoms with Crippen LogP contribution in [0.2, 0.25) is 5.02 Å². The fraction of sp³-hybridized carbons (Fsp3) is 0.200. The molecule has 26 heavy (non-hydrogen) atoms. The maximum absolute atomic E-state index is 11.9. The van der Waals surface area contributed by atoms with Crippen LogP contribution in [-0.4, -0.2) is 28.6 Å². The third-order valence-electron chi connectivity index (χ3n) is 3.86. The molecule has 5 nitrogen and oxygen atoms in total. The maximum Gasteiger partial charge on any atom is 0.257 e. The van der Waals surface area contributed by atoms with Crippen LogP contribution in [-0.2, 0) is 17.8 Å². The summed E-state index contributed by atoms with van der Waals surface area (Å²) >= 11 is 6.00. The number of imidazole rings is 1. The van der Waals surface area contributed by atoms with Crippen molar-refractivity contribution in [3.05, 3.63) is 83.4 Å². The monoisotopic (exact) mass is 369 g/mol.